The highest BCUT2D eigenvalue weighted by atomic mass is 32.1. The van der Waals surface area contributed by atoms with Gasteiger partial charge in [-0.2, -0.15) is 0 Å². The molecule has 2 aromatic heterocycles. The number of anilines is 1. The first kappa shape index (κ1) is 10.8. The maximum absolute atomic E-state index is 11.0. The molecule has 0 spiro atoms. The van der Waals surface area contributed by atoms with Crippen LogP contribution in [0.15, 0.2) is 12.3 Å². The van der Waals surface area contributed by atoms with Crippen LogP contribution < -0.4 is 4.90 Å². The highest BCUT2D eigenvalue weighted by molar-refractivity contribution is 7.20. The smallest absolute Gasteiger partial charge is 0.160 e. The van der Waals surface area contributed by atoms with E-state index in [1.165, 1.54) is 11.3 Å². The Labute approximate surface area is 96.5 Å². The fourth-order valence-electron chi connectivity index (χ4n) is 1.62. The Morgan fingerprint density at radius 1 is 1.31 bits per heavy atom. The van der Waals surface area contributed by atoms with E-state index in [2.05, 4.69) is 4.98 Å². The molecule has 0 aliphatic heterocycles. The fourth-order valence-corrected chi connectivity index (χ4v) is 2.57. The molecule has 0 unspecified atom stereocenters. The minimum absolute atomic E-state index is 0.437. The second kappa shape index (κ2) is 4.02. The van der Waals surface area contributed by atoms with Crippen LogP contribution >= 0.6 is 11.3 Å². The first-order valence-corrected chi connectivity index (χ1v) is 5.50. The summed E-state index contributed by atoms with van der Waals surface area (Å²) in [6.45, 7) is 0. The monoisotopic (exact) mass is 234 g/mol. The molecule has 4 nitrogen and oxygen atoms in total. The molecule has 16 heavy (non-hydrogen) atoms. The molecule has 0 N–H and O–H groups in total. The number of nitrogens with zero attached hydrogens (tertiary/aromatic N) is 2. The number of aldehydes is 2. The topological polar surface area (TPSA) is 50.3 Å². The third kappa shape index (κ3) is 1.49. The Balaban J connectivity index is 2.89. The lowest BCUT2D eigenvalue weighted by atomic mass is 10.1. The molecular formula is C11H10N2O2S. The molecule has 2 heterocycles. The molecule has 0 radical (unpaired) electrons. The van der Waals surface area contributed by atoms with Crippen molar-refractivity contribution in [2.24, 2.45) is 0 Å². The molecule has 0 amide bonds. The number of carbonyl (C=O) groups excluding carboxylic acids is 2. The SMILES string of the molecule is CN(C)c1ccnc2sc(C=O)c(C=O)c12. The summed E-state index contributed by atoms with van der Waals surface area (Å²) in [5, 5.41) is 0.759. The Morgan fingerprint density at radius 2 is 2.06 bits per heavy atom. The quantitative estimate of drug-likeness (QED) is 0.762. The van der Waals surface area contributed by atoms with Crippen molar-refractivity contribution in [2.75, 3.05) is 19.0 Å². The average Bonchev–Trinajstić information content (AvgIpc) is 2.65. The highest BCUT2D eigenvalue weighted by Gasteiger charge is 2.15. The minimum atomic E-state index is 0.437. The second-order valence-corrected chi connectivity index (χ2v) is 4.55. The minimum Gasteiger partial charge on any atom is -0.377 e. The van der Waals surface area contributed by atoms with Crippen molar-refractivity contribution in [1.29, 1.82) is 0 Å². The summed E-state index contributed by atoms with van der Waals surface area (Å²) in [5.74, 6) is 0. The Kier molecular flexibility index (Phi) is 2.70. The predicted octanol–water partition coefficient (Wildman–Crippen LogP) is 1.99. The molecule has 0 aliphatic carbocycles. The van der Waals surface area contributed by atoms with E-state index in [0.29, 0.717) is 16.7 Å². The van der Waals surface area contributed by atoms with Crippen LogP contribution in [0.3, 0.4) is 0 Å². The van der Waals surface area contributed by atoms with Gasteiger partial charge in [0.1, 0.15) is 4.83 Å². The number of fused-ring (bicyclic) bond motifs is 1. The molecule has 0 bridgehead atoms. The maximum atomic E-state index is 11.0. The first-order chi connectivity index (χ1) is 7.69. The van der Waals surface area contributed by atoms with Crippen LogP contribution in [0.5, 0.6) is 0 Å². The lowest BCUT2D eigenvalue weighted by Gasteiger charge is -2.13. The molecule has 0 saturated carbocycles. The molecule has 5 heteroatoms. The molecule has 0 aromatic carbocycles. The molecule has 2 aromatic rings. The molecule has 0 saturated heterocycles. The van der Waals surface area contributed by atoms with Crippen molar-refractivity contribution >= 4 is 39.8 Å². The van der Waals surface area contributed by atoms with E-state index in [-0.39, 0.29) is 0 Å². The van der Waals surface area contributed by atoms with E-state index >= 15 is 0 Å². The standard InChI is InChI=1S/C11H10N2O2S/c1-13(2)8-3-4-12-11-10(8)7(5-14)9(6-15)16-11/h3-6H,1-2H3. The van der Waals surface area contributed by atoms with Gasteiger partial charge in [0.25, 0.3) is 0 Å². The fraction of sp³-hybridized carbons (Fsp3) is 0.182. The highest BCUT2D eigenvalue weighted by Crippen LogP contribution is 2.33. The molecular weight excluding hydrogens is 224 g/mol. The van der Waals surface area contributed by atoms with Crippen molar-refractivity contribution in [3.05, 3.63) is 22.7 Å². The average molecular weight is 234 g/mol. The van der Waals surface area contributed by atoms with Crippen LogP contribution in [0, 0.1) is 0 Å². The van der Waals surface area contributed by atoms with Gasteiger partial charge in [-0.3, -0.25) is 9.59 Å². The zero-order chi connectivity index (χ0) is 11.7. The van der Waals surface area contributed by atoms with Crippen LogP contribution in [0.2, 0.25) is 0 Å². The van der Waals surface area contributed by atoms with Gasteiger partial charge in [0.2, 0.25) is 0 Å². The second-order valence-electron chi connectivity index (χ2n) is 3.52. The van der Waals surface area contributed by atoms with Gasteiger partial charge in [-0.25, -0.2) is 4.98 Å². The summed E-state index contributed by atoms with van der Waals surface area (Å²) in [7, 11) is 3.78. The summed E-state index contributed by atoms with van der Waals surface area (Å²) >= 11 is 1.24. The van der Waals surface area contributed by atoms with E-state index in [9.17, 15) is 9.59 Å². The van der Waals surface area contributed by atoms with Gasteiger partial charge < -0.3 is 4.90 Å². The van der Waals surface area contributed by atoms with Crippen molar-refractivity contribution in [3.8, 4) is 0 Å². The zero-order valence-corrected chi connectivity index (χ0v) is 9.75. The molecule has 2 rings (SSSR count). The van der Waals surface area contributed by atoms with Crippen LogP contribution in [0.1, 0.15) is 20.0 Å². The number of carbonyl (C=O) groups is 2. The summed E-state index contributed by atoms with van der Waals surface area (Å²) in [6, 6.07) is 1.83. The Morgan fingerprint density at radius 3 is 2.62 bits per heavy atom. The van der Waals surface area contributed by atoms with Gasteiger partial charge in [0, 0.05) is 36.9 Å². The third-order valence-corrected chi connectivity index (χ3v) is 3.38. The van der Waals surface area contributed by atoms with E-state index in [0.717, 1.165) is 22.2 Å². The van der Waals surface area contributed by atoms with Gasteiger partial charge in [0.15, 0.2) is 12.6 Å². The van der Waals surface area contributed by atoms with Crippen LogP contribution in [-0.2, 0) is 0 Å². The predicted molar refractivity (Wildman–Crippen MR) is 64.7 cm³/mol. The molecule has 0 aliphatic rings. The summed E-state index contributed by atoms with van der Waals surface area (Å²) in [5.41, 5.74) is 1.34. The summed E-state index contributed by atoms with van der Waals surface area (Å²) in [4.78, 5) is 29.1. The first-order valence-electron chi connectivity index (χ1n) is 4.68. The number of rotatable bonds is 3. The third-order valence-electron chi connectivity index (χ3n) is 2.34. The number of hydrogen-bond donors (Lipinski definition) is 0. The lowest BCUT2D eigenvalue weighted by molar-refractivity contribution is 0.109. The maximum Gasteiger partial charge on any atom is 0.160 e. The van der Waals surface area contributed by atoms with Crippen LogP contribution in [0.4, 0.5) is 5.69 Å². The number of aromatic nitrogens is 1. The van der Waals surface area contributed by atoms with Gasteiger partial charge >= 0.3 is 0 Å². The Hall–Kier alpha value is -1.75. The van der Waals surface area contributed by atoms with Gasteiger partial charge in [-0.15, -0.1) is 11.3 Å². The van der Waals surface area contributed by atoms with Crippen LogP contribution in [0.25, 0.3) is 10.2 Å². The van der Waals surface area contributed by atoms with E-state index in [1.807, 2.05) is 25.1 Å². The summed E-state index contributed by atoms with van der Waals surface area (Å²) in [6.07, 6.45) is 3.10. The van der Waals surface area contributed by atoms with Gasteiger partial charge in [-0.05, 0) is 6.07 Å². The van der Waals surface area contributed by atoms with Gasteiger partial charge in [0.05, 0.1) is 4.88 Å². The van der Waals surface area contributed by atoms with Gasteiger partial charge in [-0.1, -0.05) is 0 Å². The largest absolute Gasteiger partial charge is 0.377 e. The van der Waals surface area contributed by atoms with E-state index in [1.54, 1.807) is 6.20 Å². The summed E-state index contributed by atoms with van der Waals surface area (Å²) < 4.78 is 0. The van der Waals surface area contributed by atoms with Crippen molar-refractivity contribution in [1.82, 2.24) is 4.98 Å². The van der Waals surface area contributed by atoms with E-state index < -0.39 is 0 Å². The number of pyridine rings is 1. The molecule has 0 fully saturated rings. The zero-order valence-electron chi connectivity index (χ0n) is 8.93. The molecule has 82 valence electrons. The van der Waals surface area contributed by atoms with Crippen molar-refractivity contribution < 1.29 is 9.59 Å². The molecule has 0 atom stereocenters. The van der Waals surface area contributed by atoms with E-state index in [4.69, 9.17) is 0 Å². The normalized spacial score (nSPS) is 10.4. The Bertz CT molecular complexity index is 560. The van der Waals surface area contributed by atoms with Crippen LogP contribution in [-0.4, -0.2) is 31.7 Å². The van der Waals surface area contributed by atoms with Crippen molar-refractivity contribution in [2.45, 2.75) is 0 Å². The lowest BCUT2D eigenvalue weighted by Crippen LogP contribution is -2.09. The number of hydrogen-bond acceptors (Lipinski definition) is 5. The van der Waals surface area contributed by atoms with Crippen molar-refractivity contribution in [3.63, 3.8) is 0 Å². The number of thiophene rings is 1.